The molecule has 0 saturated heterocycles. The molecule has 0 radical (unpaired) electrons. The van der Waals surface area contributed by atoms with Crippen LogP contribution in [-0.4, -0.2) is 29.2 Å². The highest BCUT2D eigenvalue weighted by Crippen LogP contribution is 2.19. The highest BCUT2D eigenvalue weighted by molar-refractivity contribution is 7.92. The summed E-state index contributed by atoms with van der Waals surface area (Å²) in [5, 5.41) is 13.4. The third-order valence-electron chi connectivity index (χ3n) is 3.95. The molecule has 0 unspecified atom stereocenters. The average molecular weight is 427 g/mol. The van der Waals surface area contributed by atoms with E-state index in [0.717, 1.165) is 6.07 Å². The van der Waals surface area contributed by atoms with Gasteiger partial charge in [-0.1, -0.05) is 6.07 Å². The fourth-order valence-electron chi connectivity index (χ4n) is 2.65. The van der Waals surface area contributed by atoms with E-state index in [4.69, 9.17) is 0 Å². The lowest BCUT2D eigenvalue weighted by molar-refractivity contribution is -0.384. The van der Waals surface area contributed by atoms with Gasteiger partial charge in [0, 0.05) is 35.1 Å². The molecule has 0 saturated carbocycles. The number of nitro groups is 1. The standard InChI is InChI=1S/C19H17N5O5S/c1-12-10-18(21-13(2)20-12)23-30(28,29)17-8-6-15(7-9-17)22-19(25)14-4-3-5-16(11-14)24(26)27/h3-11H,1-2H3,(H,22,25)(H,20,21,23). The van der Waals surface area contributed by atoms with Crippen LogP contribution in [0.2, 0.25) is 0 Å². The molecule has 0 fully saturated rings. The molecule has 0 atom stereocenters. The van der Waals surface area contributed by atoms with Gasteiger partial charge in [0.05, 0.1) is 9.82 Å². The van der Waals surface area contributed by atoms with Crippen molar-refractivity contribution < 1.29 is 18.1 Å². The van der Waals surface area contributed by atoms with Crippen molar-refractivity contribution in [1.29, 1.82) is 0 Å². The van der Waals surface area contributed by atoms with Crippen molar-refractivity contribution in [1.82, 2.24) is 9.97 Å². The maximum Gasteiger partial charge on any atom is 0.270 e. The summed E-state index contributed by atoms with van der Waals surface area (Å²) in [4.78, 5) is 30.7. The van der Waals surface area contributed by atoms with Crippen LogP contribution in [0.3, 0.4) is 0 Å². The van der Waals surface area contributed by atoms with Crippen LogP contribution < -0.4 is 10.0 Å². The number of carbonyl (C=O) groups is 1. The van der Waals surface area contributed by atoms with Gasteiger partial charge in [0.2, 0.25) is 0 Å². The lowest BCUT2D eigenvalue weighted by Crippen LogP contribution is -2.15. The fourth-order valence-corrected chi connectivity index (χ4v) is 3.64. The first-order valence-electron chi connectivity index (χ1n) is 8.65. The van der Waals surface area contributed by atoms with E-state index < -0.39 is 20.9 Å². The summed E-state index contributed by atoms with van der Waals surface area (Å²) in [6.07, 6.45) is 0. The number of nitro benzene ring substituents is 1. The number of aromatic nitrogens is 2. The van der Waals surface area contributed by atoms with Gasteiger partial charge in [0.1, 0.15) is 11.6 Å². The molecule has 10 nitrogen and oxygen atoms in total. The molecule has 1 heterocycles. The van der Waals surface area contributed by atoms with Crippen molar-refractivity contribution in [2.75, 3.05) is 10.0 Å². The number of nitrogens with one attached hydrogen (secondary N) is 2. The largest absolute Gasteiger partial charge is 0.322 e. The van der Waals surface area contributed by atoms with Crippen molar-refractivity contribution >= 4 is 33.1 Å². The molecule has 0 aliphatic carbocycles. The van der Waals surface area contributed by atoms with Gasteiger partial charge in [0.25, 0.3) is 21.6 Å². The number of rotatable bonds is 6. The summed E-state index contributed by atoms with van der Waals surface area (Å²) in [6, 6.07) is 12.3. The second-order valence-corrected chi connectivity index (χ2v) is 8.02. The predicted octanol–water partition coefficient (Wildman–Crippen LogP) is 3.05. The van der Waals surface area contributed by atoms with Crippen LogP contribution >= 0.6 is 0 Å². The highest BCUT2D eigenvalue weighted by atomic mass is 32.2. The lowest BCUT2D eigenvalue weighted by Gasteiger charge is -2.10. The molecule has 154 valence electrons. The first-order valence-corrected chi connectivity index (χ1v) is 10.1. The van der Waals surface area contributed by atoms with Crippen LogP contribution in [-0.2, 0) is 10.0 Å². The monoisotopic (exact) mass is 427 g/mol. The highest BCUT2D eigenvalue weighted by Gasteiger charge is 2.16. The van der Waals surface area contributed by atoms with Crippen molar-refractivity contribution in [2.24, 2.45) is 0 Å². The first-order chi connectivity index (χ1) is 14.1. The minimum absolute atomic E-state index is 0.0234. The van der Waals surface area contributed by atoms with Gasteiger partial charge >= 0.3 is 0 Å². The van der Waals surface area contributed by atoms with E-state index in [1.165, 1.54) is 48.5 Å². The third kappa shape index (κ3) is 4.94. The second kappa shape index (κ2) is 8.25. The zero-order valence-corrected chi connectivity index (χ0v) is 16.8. The summed E-state index contributed by atoms with van der Waals surface area (Å²) in [7, 11) is -3.89. The number of hydrogen-bond donors (Lipinski definition) is 2. The Morgan fingerprint density at radius 2 is 1.73 bits per heavy atom. The quantitative estimate of drug-likeness (QED) is 0.454. The van der Waals surface area contributed by atoms with Crippen molar-refractivity contribution in [2.45, 2.75) is 18.7 Å². The maximum absolute atomic E-state index is 12.6. The summed E-state index contributed by atoms with van der Waals surface area (Å²) in [6.45, 7) is 3.38. The number of nitrogens with zero attached hydrogens (tertiary/aromatic N) is 3. The van der Waals surface area contributed by atoms with Gasteiger partial charge in [-0.2, -0.15) is 0 Å². The zero-order valence-electron chi connectivity index (χ0n) is 16.0. The molecule has 0 aliphatic heterocycles. The topological polar surface area (TPSA) is 144 Å². The molecule has 2 aromatic carbocycles. The molecular formula is C19H17N5O5S. The predicted molar refractivity (Wildman–Crippen MR) is 110 cm³/mol. The van der Waals surface area contributed by atoms with E-state index in [1.807, 2.05) is 0 Å². The van der Waals surface area contributed by atoms with Crippen molar-refractivity contribution in [3.63, 3.8) is 0 Å². The molecule has 2 N–H and O–H groups in total. The van der Waals surface area contributed by atoms with Crippen molar-refractivity contribution in [3.05, 3.63) is 81.8 Å². The van der Waals surface area contributed by atoms with E-state index in [0.29, 0.717) is 17.2 Å². The van der Waals surface area contributed by atoms with Crippen LogP contribution in [0.4, 0.5) is 17.2 Å². The van der Waals surface area contributed by atoms with Crippen LogP contribution in [0.15, 0.2) is 59.5 Å². The third-order valence-corrected chi connectivity index (χ3v) is 5.32. The van der Waals surface area contributed by atoms with E-state index in [2.05, 4.69) is 20.0 Å². The van der Waals surface area contributed by atoms with Gasteiger partial charge in [0.15, 0.2) is 0 Å². The van der Waals surface area contributed by atoms with E-state index >= 15 is 0 Å². The molecular weight excluding hydrogens is 410 g/mol. The maximum atomic E-state index is 12.6. The summed E-state index contributed by atoms with van der Waals surface area (Å²) in [5.74, 6) is 0.0364. The Morgan fingerprint density at radius 1 is 1.03 bits per heavy atom. The Kier molecular flexibility index (Phi) is 5.74. The number of benzene rings is 2. The smallest absolute Gasteiger partial charge is 0.270 e. The van der Waals surface area contributed by atoms with E-state index in [9.17, 15) is 23.3 Å². The van der Waals surface area contributed by atoms with Gasteiger partial charge in [-0.3, -0.25) is 19.6 Å². The Labute approximate surface area is 172 Å². The van der Waals surface area contributed by atoms with Gasteiger partial charge in [-0.15, -0.1) is 0 Å². The van der Waals surface area contributed by atoms with E-state index in [-0.39, 0.29) is 22.0 Å². The average Bonchev–Trinajstić information content (AvgIpc) is 2.67. The molecule has 30 heavy (non-hydrogen) atoms. The molecule has 1 aromatic heterocycles. The number of aryl methyl sites for hydroxylation is 2. The zero-order chi connectivity index (χ0) is 21.9. The van der Waals surface area contributed by atoms with Crippen LogP contribution in [0.25, 0.3) is 0 Å². The number of amides is 1. The van der Waals surface area contributed by atoms with Gasteiger partial charge in [-0.25, -0.2) is 18.4 Å². The van der Waals surface area contributed by atoms with Crippen LogP contribution in [0, 0.1) is 24.0 Å². The molecule has 3 rings (SSSR count). The minimum Gasteiger partial charge on any atom is -0.322 e. The number of sulfonamides is 1. The first kappa shape index (κ1) is 20.9. The molecule has 0 aliphatic rings. The van der Waals surface area contributed by atoms with Gasteiger partial charge in [-0.05, 0) is 44.2 Å². The minimum atomic E-state index is -3.89. The molecule has 11 heteroatoms. The number of non-ortho nitro benzene ring substituents is 1. The second-order valence-electron chi connectivity index (χ2n) is 6.33. The number of anilines is 2. The molecule has 1 amide bonds. The van der Waals surface area contributed by atoms with Crippen LogP contribution in [0.5, 0.6) is 0 Å². The Morgan fingerprint density at radius 3 is 2.37 bits per heavy atom. The summed E-state index contributed by atoms with van der Waals surface area (Å²) >= 11 is 0. The lowest BCUT2D eigenvalue weighted by atomic mass is 10.2. The number of hydrogen-bond acceptors (Lipinski definition) is 7. The summed E-state index contributed by atoms with van der Waals surface area (Å²) in [5.41, 5.74) is 0.862. The Balaban J connectivity index is 1.74. The van der Waals surface area contributed by atoms with Crippen molar-refractivity contribution in [3.8, 4) is 0 Å². The summed E-state index contributed by atoms with van der Waals surface area (Å²) < 4.78 is 27.5. The SMILES string of the molecule is Cc1cc(NS(=O)(=O)c2ccc(NC(=O)c3cccc([N+](=O)[O-])c3)cc2)nc(C)n1. The normalized spacial score (nSPS) is 11.0. The van der Waals surface area contributed by atoms with Gasteiger partial charge < -0.3 is 5.32 Å². The Hall–Kier alpha value is -3.86. The van der Waals surface area contributed by atoms with Crippen LogP contribution in [0.1, 0.15) is 21.9 Å². The number of carbonyl (C=O) groups excluding carboxylic acids is 1. The molecule has 3 aromatic rings. The van der Waals surface area contributed by atoms with E-state index in [1.54, 1.807) is 13.8 Å². The molecule has 0 bridgehead atoms. The fraction of sp³-hybridized carbons (Fsp3) is 0.105. The molecule has 0 spiro atoms. The Bertz CT molecular complexity index is 1210.